The maximum Gasteiger partial charge on any atom is 0.416 e. The van der Waals surface area contributed by atoms with Gasteiger partial charge in [0.05, 0.1) is 5.56 Å². The second-order valence-electron chi connectivity index (χ2n) is 6.67. The first-order valence-electron chi connectivity index (χ1n) is 8.92. The summed E-state index contributed by atoms with van der Waals surface area (Å²) in [6.07, 6.45) is -3.08. The Morgan fingerprint density at radius 2 is 1.67 bits per heavy atom. The number of rotatable bonds is 6. The van der Waals surface area contributed by atoms with E-state index in [0.29, 0.717) is 24.9 Å². The van der Waals surface area contributed by atoms with E-state index in [1.54, 1.807) is 10.5 Å². The van der Waals surface area contributed by atoms with E-state index in [1.165, 1.54) is 12.1 Å². The van der Waals surface area contributed by atoms with E-state index < -0.39 is 11.7 Å². The quantitative estimate of drug-likeness (QED) is 0.408. The normalized spacial score (nSPS) is 13.3. The summed E-state index contributed by atoms with van der Waals surface area (Å²) >= 11 is 6.49. The van der Waals surface area contributed by atoms with Crippen LogP contribution in [0.4, 0.5) is 13.2 Å². The van der Waals surface area contributed by atoms with Crippen LogP contribution in [0.2, 0.25) is 0 Å². The van der Waals surface area contributed by atoms with Gasteiger partial charge in [0.25, 0.3) is 0 Å². The monoisotopic (exact) mass is 391 g/mol. The molecule has 0 aromatic heterocycles. The van der Waals surface area contributed by atoms with Gasteiger partial charge in [-0.2, -0.15) is 13.2 Å². The summed E-state index contributed by atoms with van der Waals surface area (Å²) in [4.78, 5) is 0. The van der Waals surface area contributed by atoms with Crippen LogP contribution in [0.15, 0.2) is 66.7 Å². The number of hydrogen-bond acceptors (Lipinski definition) is 1. The van der Waals surface area contributed by atoms with E-state index in [4.69, 9.17) is 11.8 Å². The molecule has 0 radical (unpaired) electrons. The molecule has 0 aliphatic heterocycles. The second-order valence-corrected chi connectivity index (χ2v) is 7.10. The van der Waals surface area contributed by atoms with Crippen molar-refractivity contribution >= 4 is 22.5 Å². The van der Waals surface area contributed by atoms with Crippen molar-refractivity contribution in [3.8, 4) is 0 Å². The Bertz CT molecular complexity index is 902. The summed E-state index contributed by atoms with van der Waals surface area (Å²) < 4.78 is 40.2. The topological polar surface area (TPSA) is 3.24 Å². The molecule has 0 saturated heterocycles. The predicted octanol–water partition coefficient (Wildman–Crippen LogP) is 7.01. The van der Waals surface area contributed by atoms with E-state index in [-0.39, 0.29) is 6.04 Å². The van der Waals surface area contributed by atoms with Gasteiger partial charge < -0.3 is 0 Å². The zero-order valence-electron chi connectivity index (χ0n) is 15.0. The van der Waals surface area contributed by atoms with Gasteiger partial charge in [-0.25, -0.2) is 4.42 Å². The molecule has 0 aliphatic carbocycles. The highest BCUT2D eigenvalue weighted by Crippen LogP contribution is 2.31. The van der Waals surface area contributed by atoms with Crippen LogP contribution in [0.1, 0.15) is 36.1 Å². The molecule has 1 atom stereocenters. The number of nitrogens with zero attached hydrogens (tertiary/aromatic N) is 1. The number of benzene rings is 3. The average molecular weight is 392 g/mol. The smallest absolute Gasteiger partial charge is 0.213 e. The molecule has 3 aromatic carbocycles. The molecule has 0 N–H and O–H groups in total. The Labute approximate surface area is 162 Å². The molecular weight excluding hydrogens is 371 g/mol. The number of aryl methyl sites for hydroxylation is 1. The Balaban J connectivity index is 1.63. The minimum Gasteiger partial charge on any atom is -0.213 e. The fraction of sp³-hybridized carbons (Fsp3) is 0.273. The SMILES string of the molecule is C[C@H](c1cccc2ccccc12)N(Cl)CCCc1cccc(C(F)(F)F)c1. The lowest BCUT2D eigenvalue weighted by atomic mass is 9.99. The highest BCUT2D eigenvalue weighted by Gasteiger charge is 2.30. The molecule has 142 valence electrons. The molecule has 0 bridgehead atoms. The van der Waals surface area contributed by atoms with E-state index in [1.807, 2.05) is 25.1 Å². The highest BCUT2D eigenvalue weighted by atomic mass is 35.5. The number of halogens is 4. The summed E-state index contributed by atoms with van der Waals surface area (Å²) in [6.45, 7) is 2.63. The summed E-state index contributed by atoms with van der Waals surface area (Å²) in [7, 11) is 0. The maximum atomic E-state index is 12.8. The van der Waals surface area contributed by atoms with Gasteiger partial charge in [-0.1, -0.05) is 60.7 Å². The molecule has 3 aromatic rings. The fourth-order valence-electron chi connectivity index (χ4n) is 3.30. The Morgan fingerprint density at radius 3 is 2.44 bits per heavy atom. The molecule has 0 unspecified atom stereocenters. The van der Waals surface area contributed by atoms with Crippen molar-refractivity contribution in [3.05, 3.63) is 83.4 Å². The molecule has 0 spiro atoms. The van der Waals surface area contributed by atoms with E-state index in [0.717, 1.165) is 22.4 Å². The largest absolute Gasteiger partial charge is 0.416 e. The predicted molar refractivity (Wildman–Crippen MR) is 105 cm³/mol. The molecule has 0 aliphatic rings. The molecular formula is C22H21ClF3N. The van der Waals surface area contributed by atoms with E-state index >= 15 is 0 Å². The molecule has 0 heterocycles. The van der Waals surface area contributed by atoms with Crippen LogP contribution in [0, 0.1) is 0 Å². The molecule has 1 nitrogen and oxygen atoms in total. The van der Waals surface area contributed by atoms with Crippen molar-refractivity contribution < 1.29 is 13.2 Å². The molecule has 3 rings (SSSR count). The zero-order valence-corrected chi connectivity index (χ0v) is 15.8. The van der Waals surface area contributed by atoms with Crippen molar-refractivity contribution in [2.45, 2.75) is 32.0 Å². The van der Waals surface area contributed by atoms with Gasteiger partial charge in [-0.3, -0.25) is 0 Å². The van der Waals surface area contributed by atoms with Crippen molar-refractivity contribution in [2.24, 2.45) is 0 Å². The lowest BCUT2D eigenvalue weighted by Crippen LogP contribution is -2.19. The lowest BCUT2D eigenvalue weighted by Gasteiger charge is -2.23. The van der Waals surface area contributed by atoms with E-state index in [9.17, 15) is 13.2 Å². The second kappa shape index (κ2) is 8.32. The molecule has 27 heavy (non-hydrogen) atoms. The minimum absolute atomic E-state index is 0.000670. The number of alkyl halides is 3. The first kappa shape index (κ1) is 19.7. The third-order valence-corrected chi connectivity index (χ3v) is 5.25. The van der Waals surface area contributed by atoms with Crippen LogP contribution >= 0.6 is 11.8 Å². The van der Waals surface area contributed by atoms with Crippen molar-refractivity contribution in [2.75, 3.05) is 6.54 Å². The molecule has 0 fully saturated rings. The first-order valence-corrected chi connectivity index (χ1v) is 9.26. The number of fused-ring (bicyclic) bond motifs is 1. The number of hydrogen-bond donors (Lipinski definition) is 0. The van der Waals surface area contributed by atoms with Crippen LogP contribution < -0.4 is 0 Å². The molecule has 0 saturated carbocycles. The van der Waals surface area contributed by atoms with Gasteiger partial charge in [-0.05, 0) is 59.5 Å². The molecule has 5 heteroatoms. The maximum absolute atomic E-state index is 12.8. The van der Waals surface area contributed by atoms with Gasteiger partial charge in [0.1, 0.15) is 0 Å². The third-order valence-electron chi connectivity index (χ3n) is 4.79. The highest BCUT2D eigenvalue weighted by molar-refractivity contribution is 6.13. The summed E-state index contributed by atoms with van der Waals surface area (Å²) in [5, 5.41) is 2.33. The summed E-state index contributed by atoms with van der Waals surface area (Å²) in [6, 6.07) is 19.8. The Hall–Kier alpha value is -2.04. The van der Waals surface area contributed by atoms with Crippen LogP contribution in [0.3, 0.4) is 0 Å². The van der Waals surface area contributed by atoms with E-state index in [2.05, 4.69) is 24.3 Å². The summed E-state index contributed by atoms with van der Waals surface area (Å²) in [5.74, 6) is 0. The Kier molecular flexibility index (Phi) is 6.08. The van der Waals surface area contributed by atoms with Crippen LogP contribution in [-0.2, 0) is 12.6 Å². The van der Waals surface area contributed by atoms with Gasteiger partial charge >= 0.3 is 6.18 Å². The summed E-state index contributed by atoms with van der Waals surface area (Å²) in [5.41, 5.74) is 1.21. The molecule has 0 amide bonds. The standard InChI is InChI=1S/C22H21ClF3N/c1-16(20-13-5-10-18-9-2-3-12-21(18)20)27(23)14-6-8-17-7-4-11-19(15-17)22(24,25)26/h2-5,7,9-13,15-16H,6,8,14H2,1H3/t16-/m1/s1. The van der Waals surface area contributed by atoms with Gasteiger partial charge in [-0.15, -0.1) is 0 Å². The van der Waals surface area contributed by atoms with Gasteiger partial charge in [0, 0.05) is 12.6 Å². The van der Waals surface area contributed by atoms with Crippen LogP contribution in [0.25, 0.3) is 10.8 Å². The Morgan fingerprint density at radius 1 is 0.963 bits per heavy atom. The van der Waals surface area contributed by atoms with Crippen LogP contribution in [0.5, 0.6) is 0 Å². The van der Waals surface area contributed by atoms with Crippen molar-refractivity contribution in [3.63, 3.8) is 0 Å². The van der Waals surface area contributed by atoms with Gasteiger partial charge in [0.2, 0.25) is 0 Å². The van der Waals surface area contributed by atoms with Gasteiger partial charge in [0.15, 0.2) is 0 Å². The minimum atomic E-state index is -4.31. The lowest BCUT2D eigenvalue weighted by molar-refractivity contribution is -0.137. The van der Waals surface area contributed by atoms with Crippen molar-refractivity contribution in [1.29, 1.82) is 0 Å². The first-order chi connectivity index (χ1) is 12.9. The average Bonchev–Trinajstić information content (AvgIpc) is 2.66. The third kappa shape index (κ3) is 4.82. The fourth-order valence-corrected chi connectivity index (χ4v) is 3.52. The zero-order chi connectivity index (χ0) is 19.4. The van der Waals surface area contributed by atoms with Crippen LogP contribution in [-0.4, -0.2) is 11.0 Å². The van der Waals surface area contributed by atoms with Crippen molar-refractivity contribution in [1.82, 2.24) is 4.42 Å².